The number of aryl methyl sites for hydroxylation is 3. The van der Waals surface area contributed by atoms with Crippen molar-refractivity contribution >= 4 is 11.7 Å². The molecule has 0 saturated heterocycles. The highest BCUT2D eigenvalue weighted by atomic mass is 16.2. The van der Waals surface area contributed by atoms with E-state index in [0.717, 1.165) is 36.2 Å². The van der Waals surface area contributed by atoms with Crippen molar-refractivity contribution in [1.29, 1.82) is 0 Å². The van der Waals surface area contributed by atoms with Gasteiger partial charge in [0.1, 0.15) is 6.04 Å². The van der Waals surface area contributed by atoms with Gasteiger partial charge in [-0.05, 0) is 38.7 Å². The number of aromatic nitrogens is 4. The van der Waals surface area contributed by atoms with Gasteiger partial charge in [-0.3, -0.25) is 14.7 Å². The molecule has 0 fully saturated rings. The van der Waals surface area contributed by atoms with Gasteiger partial charge in [-0.2, -0.15) is 10.2 Å². The normalized spacial score (nSPS) is 14.8. The molecule has 2 N–H and O–H groups in total. The quantitative estimate of drug-likeness (QED) is 0.879. The molecular formula is C14H17N5O2. The number of anilines is 1. The van der Waals surface area contributed by atoms with Crippen LogP contribution >= 0.6 is 0 Å². The Labute approximate surface area is 121 Å². The first-order valence-electron chi connectivity index (χ1n) is 6.99. The maximum absolute atomic E-state index is 12.2. The van der Waals surface area contributed by atoms with Gasteiger partial charge in [0.25, 0.3) is 5.56 Å². The third kappa shape index (κ3) is 2.58. The monoisotopic (exact) mass is 287 g/mol. The Bertz CT molecular complexity index is 746. The second-order valence-electron chi connectivity index (χ2n) is 5.35. The minimum Gasteiger partial charge on any atom is -0.307 e. The third-order valence-electron chi connectivity index (χ3n) is 3.69. The van der Waals surface area contributed by atoms with Crippen molar-refractivity contribution in [3.63, 3.8) is 0 Å². The molecule has 0 aliphatic heterocycles. The van der Waals surface area contributed by atoms with E-state index < -0.39 is 6.04 Å². The lowest BCUT2D eigenvalue weighted by Crippen LogP contribution is -2.34. The van der Waals surface area contributed by atoms with E-state index in [1.807, 2.05) is 6.92 Å². The third-order valence-corrected chi connectivity index (χ3v) is 3.69. The summed E-state index contributed by atoms with van der Waals surface area (Å²) in [5.74, 6) is 0.132. The van der Waals surface area contributed by atoms with Crippen molar-refractivity contribution in [3.05, 3.63) is 39.4 Å². The van der Waals surface area contributed by atoms with E-state index in [-0.39, 0.29) is 11.5 Å². The zero-order valence-corrected chi connectivity index (χ0v) is 12.0. The molecule has 0 radical (unpaired) electrons. The summed E-state index contributed by atoms with van der Waals surface area (Å²) in [6, 6.07) is 2.64. The van der Waals surface area contributed by atoms with Crippen molar-refractivity contribution in [2.24, 2.45) is 0 Å². The standard InChI is InChI=1S/C14H17N5O2/c1-8-6-12(17-16-8)15-14(21)9(2)19-13(20)7-10-4-3-5-11(10)18-19/h6-7,9H,3-5H2,1-2H3,(H2,15,16,17,21). The average Bonchev–Trinajstić information content (AvgIpc) is 3.05. The number of nitrogens with one attached hydrogen (secondary N) is 2. The SMILES string of the molecule is Cc1cc(NC(=O)C(C)n2nc3c(cc2=O)CCC3)n[nH]1. The van der Waals surface area contributed by atoms with E-state index in [1.165, 1.54) is 4.68 Å². The van der Waals surface area contributed by atoms with E-state index in [2.05, 4.69) is 20.6 Å². The predicted molar refractivity (Wildman–Crippen MR) is 77.2 cm³/mol. The molecule has 0 saturated carbocycles. The number of nitrogens with zero attached hydrogens (tertiary/aromatic N) is 3. The number of amides is 1. The number of rotatable bonds is 3. The zero-order valence-electron chi connectivity index (χ0n) is 12.0. The van der Waals surface area contributed by atoms with Gasteiger partial charge >= 0.3 is 0 Å². The van der Waals surface area contributed by atoms with Crippen LogP contribution in [0.5, 0.6) is 0 Å². The molecule has 2 heterocycles. The first-order chi connectivity index (χ1) is 10.0. The number of hydrogen-bond acceptors (Lipinski definition) is 4. The fraction of sp³-hybridized carbons (Fsp3) is 0.429. The number of carbonyl (C=O) groups is 1. The number of aromatic amines is 1. The van der Waals surface area contributed by atoms with Crippen LogP contribution in [0, 0.1) is 6.92 Å². The van der Waals surface area contributed by atoms with Crippen LogP contribution in [-0.4, -0.2) is 25.9 Å². The summed E-state index contributed by atoms with van der Waals surface area (Å²) in [5, 5.41) is 13.7. The number of carbonyl (C=O) groups excluding carboxylic acids is 1. The van der Waals surface area contributed by atoms with Crippen molar-refractivity contribution in [1.82, 2.24) is 20.0 Å². The molecule has 21 heavy (non-hydrogen) atoms. The maximum atomic E-state index is 12.2. The molecule has 1 atom stereocenters. The van der Waals surface area contributed by atoms with Crippen molar-refractivity contribution in [2.45, 2.75) is 39.2 Å². The van der Waals surface area contributed by atoms with Crippen molar-refractivity contribution in [2.75, 3.05) is 5.32 Å². The van der Waals surface area contributed by atoms with Crippen LogP contribution in [-0.2, 0) is 17.6 Å². The summed E-state index contributed by atoms with van der Waals surface area (Å²) >= 11 is 0. The van der Waals surface area contributed by atoms with Gasteiger partial charge in [0.05, 0.1) is 5.69 Å². The van der Waals surface area contributed by atoms with Crippen LogP contribution in [0.15, 0.2) is 16.9 Å². The Kier molecular flexibility index (Phi) is 3.32. The highest BCUT2D eigenvalue weighted by Crippen LogP contribution is 2.18. The Balaban J connectivity index is 1.83. The minimum atomic E-state index is -0.680. The van der Waals surface area contributed by atoms with Crippen molar-refractivity contribution in [3.8, 4) is 0 Å². The molecular weight excluding hydrogens is 270 g/mol. The van der Waals surface area contributed by atoms with Gasteiger partial charge in [-0.25, -0.2) is 4.68 Å². The smallest absolute Gasteiger partial charge is 0.267 e. The summed E-state index contributed by atoms with van der Waals surface area (Å²) in [4.78, 5) is 24.3. The summed E-state index contributed by atoms with van der Waals surface area (Å²) < 4.78 is 1.25. The average molecular weight is 287 g/mol. The van der Waals surface area contributed by atoms with E-state index in [0.29, 0.717) is 5.82 Å². The molecule has 0 spiro atoms. The molecule has 2 aromatic rings. The van der Waals surface area contributed by atoms with Crippen LogP contribution in [0.4, 0.5) is 5.82 Å². The molecule has 110 valence electrons. The Morgan fingerprint density at radius 3 is 2.95 bits per heavy atom. The first-order valence-corrected chi connectivity index (χ1v) is 6.99. The lowest BCUT2D eigenvalue weighted by Gasteiger charge is -2.14. The fourth-order valence-corrected chi connectivity index (χ4v) is 2.52. The van der Waals surface area contributed by atoms with Gasteiger partial charge in [0, 0.05) is 17.8 Å². The second kappa shape index (κ2) is 5.16. The predicted octanol–water partition coefficient (Wildman–Crippen LogP) is 0.963. The maximum Gasteiger partial charge on any atom is 0.267 e. The highest BCUT2D eigenvalue weighted by Gasteiger charge is 2.21. The number of hydrogen-bond donors (Lipinski definition) is 2. The van der Waals surface area contributed by atoms with Crippen LogP contribution in [0.3, 0.4) is 0 Å². The van der Waals surface area contributed by atoms with Gasteiger partial charge in [0.2, 0.25) is 5.91 Å². The Morgan fingerprint density at radius 2 is 2.24 bits per heavy atom. The van der Waals surface area contributed by atoms with Gasteiger partial charge in [-0.15, -0.1) is 0 Å². The minimum absolute atomic E-state index is 0.239. The zero-order chi connectivity index (χ0) is 15.0. The van der Waals surface area contributed by atoms with E-state index >= 15 is 0 Å². The lowest BCUT2D eigenvalue weighted by atomic mass is 10.2. The topological polar surface area (TPSA) is 92.7 Å². The van der Waals surface area contributed by atoms with Gasteiger partial charge in [0.15, 0.2) is 5.82 Å². The van der Waals surface area contributed by atoms with E-state index in [4.69, 9.17) is 0 Å². The Hall–Kier alpha value is -2.44. The molecule has 1 aliphatic rings. The summed E-state index contributed by atoms with van der Waals surface area (Å²) in [6.45, 7) is 3.50. The molecule has 3 rings (SSSR count). The highest BCUT2D eigenvalue weighted by molar-refractivity contribution is 5.92. The molecule has 7 nitrogen and oxygen atoms in total. The molecule has 1 aliphatic carbocycles. The fourth-order valence-electron chi connectivity index (χ4n) is 2.52. The first kappa shape index (κ1) is 13.5. The molecule has 1 unspecified atom stereocenters. The van der Waals surface area contributed by atoms with Gasteiger partial charge < -0.3 is 5.32 Å². The van der Waals surface area contributed by atoms with Crippen LogP contribution in [0.2, 0.25) is 0 Å². The van der Waals surface area contributed by atoms with Gasteiger partial charge in [-0.1, -0.05) is 0 Å². The van der Waals surface area contributed by atoms with Crippen molar-refractivity contribution < 1.29 is 4.79 Å². The Morgan fingerprint density at radius 1 is 1.43 bits per heavy atom. The summed E-state index contributed by atoms with van der Waals surface area (Å²) in [7, 11) is 0. The molecule has 7 heteroatoms. The number of fused-ring (bicyclic) bond motifs is 1. The molecule has 0 bridgehead atoms. The van der Waals surface area contributed by atoms with Crippen LogP contribution < -0.4 is 10.9 Å². The molecule has 2 aromatic heterocycles. The largest absolute Gasteiger partial charge is 0.307 e. The van der Waals surface area contributed by atoms with E-state index in [1.54, 1.807) is 19.1 Å². The van der Waals surface area contributed by atoms with Crippen LogP contribution in [0.25, 0.3) is 0 Å². The molecule has 1 amide bonds. The van der Waals surface area contributed by atoms with Crippen LogP contribution in [0.1, 0.15) is 36.3 Å². The second-order valence-corrected chi connectivity index (χ2v) is 5.35. The van der Waals surface area contributed by atoms with E-state index in [9.17, 15) is 9.59 Å². The summed E-state index contributed by atoms with van der Waals surface area (Å²) in [5.41, 5.74) is 2.54. The lowest BCUT2D eigenvalue weighted by molar-refractivity contribution is -0.119. The number of H-pyrrole nitrogens is 1. The summed E-state index contributed by atoms with van der Waals surface area (Å²) in [6.07, 6.45) is 2.77. The molecule has 0 aromatic carbocycles.